The Morgan fingerprint density at radius 3 is 2.12 bits per heavy atom. The number of benzene rings is 3. The van der Waals surface area contributed by atoms with E-state index in [1.165, 1.54) is 21.0 Å². The van der Waals surface area contributed by atoms with Crippen molar-refractivity contribution in [3.63, 3.8) is 0 Å². The fourth-order valence-corrected chi connectivity index (χ4v) is 4.51. The summed E-state index contributed by atoms with van der Waals surface area (Å²) >= 11 is 1.81. The van der Waals surface area contributed by atoms with Crippen molar-refractivity contribution in [3.05, 3.63) is 95.5 Å². The lowest BCUT2D eigenvalue weighted by Gasteiger charge is -2.05. The highest BCUT2D eigenvalue weighted by Gasteiger charge is 2.51. The maximum Gasteiger partial charge on any atom is 0.119 e. The molecule has 4 aromatic rings. The summed E-state index contributed by atoms with van der Waals surface area (Å²) in [6, 6.07) is 30.5. The van der Waals surface area contributed by atoms with Crippen LogP contribution in [0.3, 0.4) is 0 Å². The van der Waals surface area contributed by atoms with Crippen LogP contribution in [0.5, 0.6) is 0 Å². The number of para-hydroxylation sites is 2. The standard InChI is InChI=1S/C21H16N2S/c1-3-9-15(10-4-1)19-20(23(19)16-11-5-2-6-12-16)21-22-17-13-7-8-14-18(17)24-21/h1-14,19-20H/t19-,20+,23?/m1/s1. The molecule has 1 aliphatic rings. The zero-order valence-electron chi connectivity index (χ0n) is 13.0. The van der Waals surface area contributed by atoms with Crippen LogP contribution in [0.25, 0.3) is 10.2 Å². The van der Waals surface area contributed by atoms with Crippen molar-refractivity contribution in [2.24, 2.45) is 0 Å². The van der Waals surface area contributed by atoms with Crippen LogP contribution < -0.4 is 4.90 Å². The summed E-state index contributed by atoms with van der Waals surface area (Å²) in [5, 5.41) is 1.20. The van der Waals surface area contributed by atoms with Gasteiger partial charge in [0.05, 0.1) is 16.3 Å². The van der Waals surface area contributed by atoms with Crippen LogP contribution in [0, 0.1) is 0 Å². The summed E-state index contributed by atoms with van der Waals surface area (Å²) in [6.45, 7) is 0. The van der Waals surface area contributed by atoms with Crippen molar-refractivity contribution < 1.29 is 0 Å². The van der Waals surface area contributed by atoms with Crippen LogP contribution in [0.2, 0.25) is 0 Å². The van der Waals surface area contributed by atoms with Gasteiger partial charge in [0.1, 0.15) is 11.0 Å². The summed E-state index contributed by atoms with van der Waals surface area (Å²) < 4.78 is 1.26. The molecule has 2 nitrogen and oxygen atoms in total. The van der Waals surface area contributed by atoms with Gasteiger partial charge in [-0.1, -0.05) is 60.7 Å². The first kappa shape index (κ1) is 13.8. The molecule has 0 spiro atoms. The van der Waals surface area contributed by atoms with Crippen LogP contribution in [0.1, 0.15) is 22.7 Å². The molecule has 116 valence electrons. The van der Waals surface area contributed by atoms with Gasteiger partial charge in [-0.15, -0.1) is 11.3 Å². The van der Waals surface area contributed by atoms with E-state index in [1.54, 1.807) is 0 Å². The SMILES string of the molecule is c1ccc([C@@H]2[C@@H](c3nc4ccccc4s3)N2c2ccccc2)cc1. The second-order valence-electron chi connectivity index (χ2n) is 6.06. The van der Waals surface area contributed by atoms with E-state index in [4.69, 9.17) is 4.98 Å². The number of hydrogen-bond donors (Lipinski definition) is 0. The van der Waals surface area contributed by atoms with E-state index in [0.29, 0.717) is 12.1 Å². The zero-order valence-corrected chi connectivity index (χ0v) is 13.9. The Morgan fingerprint density at radius 1 is 0.708 bits per heavy atom. The molecule has 2 heterocycles. The Kier molecular flexibility index (Phi) is 3.13. The first-order chi connectivity index (χ1) is 11.9. The van der Waals surface area contributed by atoms with Gasteiger partial charge >= 0.3 is 0 Å². The molecule has 0 saturated carbocycles. The highest BCUT2D eigenvalue weighted by atomic mass is 32.1. The number of rotatable bonds is 3. The minimum Gasteiger partial charge on any atom is -0.350 e. The lowest BCUT2D eigenvalue weighted by Crippen LogP contribution is -1.94. The molecule has 1 aromatic heterocycles. The minimum atomic E-state index is 0.326. The predicted molar refractivity (Wildman–Crippen MR) is 100 cm³/mol. The molecule has 1 fully saturated rings. The topological polar surface area (TPSA) is 15.9 Å². The fourth-order valence-electron chi connectivity index (χ4n) is 3.42. The first-order valence-corrected chi connectivity index (χ1v) is 8.97. The quantitative estimate of drug-likeness (QED) is 0.455. The van der Waals surface area contributed by atoms with Gasteiger partial charge in [-0.25, -0.2) is 4.98 Å². The van der Waals surface area contributed by atoms with Gasteiger partial charge in [0, 0.05) is 5.69 Å². The molecular weight excluding hydrogens is 312 g/mol. The monoisotopic (exact) mass is 328 g/mol. The van der Waals surface area contributed by atoms with E-state index in [0.717, 1.165) is 5.52 Å². The molecule has 5 rings (SSSR count). The van der Waals surface area contributed by atoms with Crippen molar-refractivity contribution in [2.75, 3.05) is 4.90 Å². The van der Waals surface area contributed by atoms with E-state index in [1.807, 2.05) is 11.3 Å². The van der Waals surface area contributed by atoms with Crippen LogP contribution in [-0.4, -0.2) is 4.98 Å². The van der Waals surface area contributed by atoms with E-state index >= 15 is 0 Å². The molecule has 1 saturated heterocycles. The van der Waals surface area contributed by atoms with Crippen molar-refractivity contribution in [1.82, 2.24) is 4.98 Å². The fraction of sp³-hybridized carbons (Fsp3) is 0.0952. The summed E-state index contributed by atoms with van der Waals surface area (Å²) in [5.41, 5.74) is 3.71. The molecule has 0 N–H and O–H groups in total. The van der Waals surface area contributed by atoms with Gasteiger partial charge in [-0.05, 0) is 29.8 Å². The molecule has 0 bridgehead atoms. The van der Waals surface area contributed by atoms with E-state index in [9.17, 15) is 0 Å². The number of fused-ring (bicyclic) bond motifs is 1. The average molecular weight is 328 g/mol. The Hall–Kier alpha value is -2.65. The second kappa shape index (κ2) is 5.46. The van der Waals surface area contributed by atoms with Crippen LogP contribution in [-0.2, 0) is 0 Å². The Morgan fingerprint density at radius 2 is 1.38 bits per heavy atom. The summed E-state index contributed by atoms with van der Waals surface area (Å²) in [4.78, 5) is 7.37. The molecule has 0 aliphatic carbocycles. The molecular formula is C21H16N2S. The van der Waals surface area contributed by atoms with Gasteiger partial charge in [-0.3, -0.25) is 0 Å². The molecule has 0 amide bonds. The van der Waals surface area contributed by atoms with Gasteiger partial charge < -0.3 is 4.90 Å². The molecule has 3 aromatic carbocycles. The van der Waals surface area contributed by atoms with Gasteiger partial charge in [-0.2, -0.15) is 0 Å². The van der Waals surface area contributed by atoms with Gasteiger partial charge in [0.15, 0.2) is 0 Å². The Balaban J connectivity index is 1.59. The highest BCUT2D eigenvalue weighted by Crippen LogP contribution is 2.57. The second-order valence-corrected chi connectivity index (χ2v) is 7.13. The minimum absolute atomic E-state index is 0.326. The van der Waals surface area contributed by atoms with Crippen molar-refractivity contribution >= 4 is 27.2 Å². The average Bonchev–Trinajstić information content (AvgIpc) is 3.26. The largest absolute Gasteiger partial charge is 0.350 e. The number of anilines is 1. The van der Waals surface area contributed by atoms with Crippen molar-refractivity contribution in [2.45, 2.75) is 12.1 Å². The zero-order chi connectivity index (χ0) is 15.9. The number of aromatic nitrogens is 1. The van der Waals surface area contributed by atoms with E-state index in [2.05, 4.69) is 89.8 Å². The molecule has 0 unspecified atom stereocenters. The summed E-state index contributed by atoms with van der Waals surface area (Å²) in [5.74, 6) is 0. The lowest BCUT2D eigenvalue weighted by molar-refractivity contribution is 1.01. The first-order valence-electron chi connectivity index (χ1n) is 8.15. The summed E-state index contributed by atoms with van der Waals surface area (Å²) in [6.07, 6.45) is 0. The van der Waals surface area contributed by atoms with E-state index in [-0.39, 0.29) is 0 Å². The van der Waals surface area contributed by atoms with Crippen molar-refractivity contribution in [3.8, 4) is 0 Å². The third kappa shape index (κ3) is 2.21. The van der Waals surface area contributed by atoms with Crippen LogP contribution >= 0.6 is 11.3 Å². The summed E-state index contributed by atoms with van der Waals surface area (Å²) in [7, 11) is 0. The molecule has 0 radical (unpaired) electrons. The Bertz CT molecular complexity index is 900. The Labute approximate surface area is 145 Å². The molecule has 2 atom stereocenters. The van der Waals surface area contributed by atoms with Crippen LogP contribution in [0.4, 0.5) is 5.69 Å². The third-order valence-electron chi connectivity index (χ3n) is 4.57. The maximum absolute atomic E-state index is 4.90. The molecule has 3 heteroatoms. The predicted octanol–water partition coefficient (Wildman–Crippen LogP) is 5.60. The third-order valence-corrected chi connectivity index (χ3v) is 5.67. The highest BCUT2D eigenvalue weighted by molar-refractivity contribution is 7.18. The lowest BCUT2D eigenvalue weighted by atomic mass is 10.1. The number of hydrogen-bond acceptors (Lipinski definition) is 3. The number of thiazole rings is 1. The smallest absolute Gasteiger partial charge is 0.119 e. The van der Waals surface area contributed by atoms with E-state index < -0.39 is 0 Å². The number of nitrogens with zero attached hydrogens (tertiary/aromatic N) is 2. The molecule has 24 heavy (non-hydrogen) atoms. The van der Waals surface area contributed by atoms with Gasteiger partial charge in [0.2, 0.25) is 0 Å². The van der Waals surface area contributed by atoms with Crippen LogP contribution in [0.15, 0.2) is 84.9 Å². The molecule has 1 aliphatic heterocycles. The van der Waals surface area contributed by atoms with Gasteiger partial charge in [0.25, 0.3) is 0 Å². The van der Waals surface area contributed by atoms with Crippen molar-refractivity contribution in [1.29, 1.82) is 0 Å². The normalized spacial score (nSPS) is 19.6. The maximum atomic E-state index is 4.90.